The highest BCUT2D eigenvalue weighted by atomic mass is 32.1. The Kier molecular flexibility index (Phi) is 5.22. The number of thiazole rings is 1. The normalized spacial score (nSPS) is 20.5. The lowest BCUT2D eigenvalue weighted by Crippen LogP contribution is -2.43. The molecule has 0 aliphatic carbocycles. The summed E-state index contributed by atoms with van der Waals surface area (Å²) >= 11 is 3.47. The number of benzene rings is 1. The van der Waals surface area contributed by atoms with Crippen molar-refractivity contribution in [2.45, 2.75) is 31.7 Å². The first-order valence-electron chi connectivity index (χ1n) is 10.1. The molecule has 4 heterocycles. The first-order chi connectivity index (χ1) is 14.2. The molecule has 3 aromatic heterocycles. The Morgan fingerprint density at radius 1 is 1.24 bits per heavy atom. The molecular formula is C22H24N4OS2. The fourth-order valence-electron chi connectivity index (χ4n) is 4.38. The molecule has 7 heteroatoms. The van der Waals surface area contributed by atoms with E-state index in [0.29, 0.717) is 12.0 Å². The average molecular weight is 425 g/mol. The Morgan fingerprint density at radius 3 is 3.07 bits per heavy atom. The summed E-state index contributed by atoms with van der Waals surface area (Å²) in [7, 11) is 0. The van der Waals surface area contributed by atoms with Crippen LogP contribution in [-0.2, 0) is 0 Å². The van der Waals surface area contributed by atoms with Crippen LogP contribution in [-0.4, -0.2) is 45.7 Å². The first-order valence-corrected chi connectivity index (χ1v) is 11.8. The van der Waals surface area contributed by atoms with Crippen molar-refractivity contribution >= 4 is 54.5 Å². The van der Waals surface area contributed by atoms with Gasteiger partial charge in [-0.1, -0.05) is 0 Å². The number of aliphatic hydroxyl groups excluding tert-OH is 1. The molecule has 4 aromatic rings. The van der Waals surface area contributed by atoms with Gasteiger partial charge in [-0.2, -0.15) is 0 Å². The Balaban J connectivity index is 1.46. The number of piperidine rings is 1. The van der Waals surface area contributed by atoms with Crippen molar-refractivity contribution in [3.05, 3.63) is 46.9 Å². The van der Waals surface area contributed by atoms with E-state index in [4.69, 9.17) is 0 Å². The molecule has 29 heavy (non-hydrogen) atoms. The van der Waals surface area contributed by atoms with Gasteiger partial charge in [0.1, 0.15) is 4.83 Å². The summed E-state index contributed by atoms with van der Waals surface area (Å²) < 4.78 is 1.20. The summed E-state index contributed by atoms with van der Waals surface area (Å²) in [6, 6.07) is 11.1. The van der Waals surface area contributed by atoms with E-state index in [0.717, 1.165) is 34.8 Å². The van der Waals surface area contributed by atoms with Gasteiger partial charge < -0.3 is 10.4 Å². The molecule has 1 saturated heterocycles. The maximum atomic E-state index is 9.38. The van der Waals surface area contributed by atoms with Crippen molar-refractivity contribution < 1.29 is 5.11 Å². The zero-order valence-electron chi connectivity index (χ0n) is 16.3. The van der Waals surface area contributed by atoms with Crippen molar-refractivity contribution in [3.8, 4) is 0 Å². The first kappa shape index (κ1) is 18.9. The monoisotopic (exact) mass is 424 g/mol. The van der Waals surface area contributed by atoms with Crippen LogP contribution >= 0.6 is 22.7 Å². The van der Waals surface area contributed by atoms with Crippen LogP contribution in [0.3, 0.4) is 0 Å². The quantitative estimate of drug-likeness (QED) is 0.460. The lowest BCUT2D eigenvalue weighted by molar-refractivity contribution is 0.111. The third-order valence-corrected chi connectivity index (χ3v) is 7.92. The maximum Gasteiger partial charge on any atom is 0.125 e. The summed E-state index contributed by atoms with van der Waals surface area (Å²) in [5, 5.41) is 14.1. The van der Waals surface area contributed by atoms with Crippen LogP contribution < -0.4 is 5.32 Å². The number of hydrogen-bond acceptors (Lipinski definition) is 7. The molecule has 2 N–H and O–H groups in total. The topological polar surface area (TPSA) is 61.3 Å². The largest absolute Gasteiger partial charge is 0.395 e. The number of rotatable bonds is 5. The van der Waals surface area contributed by atoms with E-state index in [1.54, 1.807) is 22.7 Å². The predicted molar refractivity (Wildman–Crippen MR) is 123 cm³/mol. The third-order valence-electron chi connectivity index (χ3n) is 5.94. The number of likely N-dealkylation sites (tertiary alicyclic amines) is 1. The highest BCUT2D eigenvalue weighted by Gasteiger charge is 2.30. The van der Waals surface area contributed by atoms with Gasteiger partial charge in [-0.05, 0) is 56.6 Å². The van der Waals surface area contributed by atoms with Gasteiger partial charge in [0.15, 0.2) is 0 Å². The molecule has 0 saturated carbocycles. The molecule has 0 bridgehead atoms. The minimum Gasteiger partial charge on any atom is -0.395 e. The molecule has 0 unspecified atom stereocenters. The fourth-order valence-corrected chi connectivity index (χ4v) is 6.30. The van der Waals surface area contributed by atoms with Crippen LogP contribution in [0.15, 0.2) is 42.0 Å². The number of thiophene rings is 1. The fraction of sp³-hybridized carbons (Fsp3) is 0.364. The smallest absolute Gasteiger partial charge is 0.125 e. The van der Waals surface area contributed by atoms with Crippen molar-refractivity contribution in [1.82, 2.24) is 14.9 Å². The number of pyridine rings is 1. The van der Waals surface area contributed by atoms with Crippen molar-refractivity contribution in [3.63, 3.8) is 0 Å². The molecule has 1 aromatic carbocycles. The second-order valence-corrected chi connectivity index (χ2v) is 9.58. The number of hydrogen-bond donors (Lipinski definition) is 2. The summed E-state index contributed by atoms with van der Waals surface area (Å²) in [5.41, 5.74) is 5.04. The second kappa shape index (κ2) is 7.99. The number of β-amino-alcohol motifs (C(OH)–C–C–N with tert-alkyl or cyclic N) is 1. The Hall–Kier alpha value is -2.06. The van der Waals surface area contributed by atoms with Crippen LogP contribution in [0.5, 0.6) is 0 Å². The van der Waals surface area contributed by atoms with E-state index in [-0.39, 0.29) is 6.61 Å². The van der Waals surface area contributed by atoms with Crippen LogP contribution in [0.4, 0.5) is 11.4 Å². The number of aromatic nitrogens is 2. The number of nitrogens with zero attached hydrogens (tertiary/aromatic N) is 3. The third kappa shape index (κ3) is 3.64. The molecule has 1 fully saturated rings. The number of anilines is 2. The Labute approximate surface area is 178 Å². The van der Waals surface area contributed by atoms with Gasteiger partial charge in [-0.15, -0.1) is 22.7 Å². The van der Waals surface area contributed by atoms with Gasteiger partial charge in [-0.3, -0.25) is 4.90 Å². The highest BCUT2D eigenvalue weighted by molar-refractivity contribution is 7.18. The Morgan fingerprint density at radius 2 is 2.17 bits per heavy atom. The summed E-state index contributed by atoms with van der Waals surface area (Å²) in [4.78, 5) is 13.9. The van der Waals surface area contributed by atoms with Crippen LogP contribution in [0.2, 0.25) is 0 Å². The SMILES string of the molecule is C[C@@H]1[C@H](c2cc3c(Nc4ccc5scnc5c4)ccnc3s2)CCCN1CCO. The van der Waals surface area contributed by atoms with E-state index in [2.05, 4.69) is 51.4 Å². The van der Waals surface area contributed by atoms with E-state index in [1.807, 2.05) is 17.8 Å². The Bertz CT molecular complexity index is 1140. The van der Waals surface area contributed by atoms with Gasteiger partial charge in [0.05, 0.1) is 28.0 Å². The van der Waals surface area contributed by atoms with Gasteiger partial charge in [0, 0.05) is 40.7 Å². The standard InChI is InChI=1S/C22H24N4OS2/c1-14-16(3-2-8-26(14)9-10-27)21-12-17-18(6-7-23-22(17)29-21)25-15-4-5-20-19(11-15)24-13-28-20/h4-7,11-14,16,27H,2-3,8-10H2,1H3,(H,23,25)/t14-,16-/m1/s1. The minimum atomic E-state index is 0.225. The average Bonchev–Trinajstić information content (AvgIpc) is 3.36. The highest BCUT2D eigenvalue weighted by Crippen LogP contribution is 2.40. The molecule has 5 nitrogen and oxygen atoms in total. The lowest BCUT2D eigenvalue weighted by Gasteiger charge is -2.38. The number of aliphatic hydroxyl groups is 1. The molecule has 0 radical (unpaired) electrons. The maximum absolute atomic E-state index is 9.38. The summed E-state index contributed by atoms with van der Waals surface area (Å²) in [6.45, 7) is 4.35. The van der Waals surface area contributed by atoms with Crippen molar-refractivity contribution in [1.29, 1.82) is 0 Å². The lowest BCUT2D eigenvalue weighted by atomic mass is 9.88. The number of fused-ring (bicyclic) bond motifs is 2. The van der Waals surface area contributed by atoms with Gasteiger partial charge in [0.2, 0.25) is 0 Å². The van der Waals surface area contributed by atoms with Gasteiger partial charge >= 0.3 is 0 Å². The molecule has 0 spiro atoms. The molecule has 2 atom stereocenters. The minimum absolute atomic E-state index is 0.225. The zero-order chi connectivity index (χ0) is 19.8. The van der Waals surface area contributed by atoms with E-state index >= 15 is 0 Å². The molecule has 1 aliphatic rings. The predicted octanol–water partition coefficient (Wildman–Crippen LogP) is 5.21. The van der Waals surface area contributed by atoms with Crippen molar-refractivity contribution in [2.24, 2.45) is 0 Å². The molecule has 150 valence electrons. The van der Waals surface area contributed by atoms with E-state index in [9.17, 15) is 5.11 Å². The van der Waals surface area contributed by atoms with Crippen LogP contribution in [0.25, 0.3) is 20.4 Å². The van der Waals surface area contributed by atoms with Crippen LogP contribution in [0.1, 0.15) is 30.6 Å². The summed E-state index contributed by atoms with van der Waals surface area (Å²) in [6.07, 6.45) is 4.25. The van der Waals surface area contributed by atoms with Gasteiger partial charge in [-0.25, -0.2) is 9.97 Å². The molecule has 1 aliphatic heterocycles. The van der Waals surface area contributed by atoms with Gasteiger partial charge in [0.25, 0.3) is 0 Å². The summed E-state index contributed by atoms with van der Waals surface area (Å²) in [5.74, 6) is 0.494. The molecular weight excluding hydrogens is 400 g/mol. The number of nitrogens with one attached hydrogen (secondary N) is 1. The molecule has 5 rings (SSSR count). The molecule has 0 amide bonds. The van der Waals surface area contributed by atoms with E-state index in [1.165, 1.54) is 27.8 Å². The van der Waals surface area contributed by atoms with Crippen LogP contribution in [0, 0.1) is 0 Å². The second-order valence-electron chi connectivity index (χ2n) is 7.63. The van der Waals surface area contributed by atoms with E-state index < -0.39 is 0 Å². The zero-order valence-corrected chi connectivity index (χ0v) is 18.0. The van der Waals surface area contributed by atoms with Crippen molar-refractivity contribution in [2.75, 3.05) is 25.0 Å².